The van der Waals surface area contributed by atoms with Gasteiger partial charge in [-0.2, -0.15) is 0 Å². The lowest BCUT2D eigenvalue weighted by Crippen LogP contribution is -2.19. The number of hydrogen-bond acceptors (Lipinski definition) is 4. The van der Waals surface area contributed by atoms with Crippen molar-refractivity contribution in [2.24, 2.45) is 5.73 Å². The van der Waals surface area contributed by atoms with Crippen molar-refractivity contribution in [2.75, 3.05) is 12.4 Å². The first-order chi connectivity index (χ1) is 12.2. The molecule has 0 bridgehead atoms. The van der Waals surface area contributed by atoms with Crippen LogP contribution in [0.2, 0.25) is 0 Å². The second kappa shape index (κ2) is 7.53. The summed E-state index contributed by atoms with van der Waals surface area (Å²) in [5.41, 5.74) is 7.97. The van der Waals surface area contributed by atoms with Crippen LogP contribution >= 0.6 is 0 Å². The molecule has 0 aliphatic rings. The van der Waals surface area contributed by atoms with E-state index >= 15 is 0 Å². The number of amides is 1. The molecule has 0 spiro atoms. The Morgan fingerprint density at radius 1 is 1.16 bits per heavy atom. The smallest absolute Gasteiger partial charge is 0.269 e. The van der Waals surface area contributed by atoms with E-state index in [0.717, 1.165) is 16.9 Å². The molecule has 1 aromatic heterocycles. The van der Waals surface area contributed by atoms with Crippen LogP contribution in [0.25, 0.3) is 0 Å². The summed E-state index contributed by atoms with van der Waals surface area (Å²) >= 11 is 0. The summed E-state index contributed by atoms with van der Waals surface area (Å²) in [6.07, 6.45) is 1.62. The van der Waals surface area contributed by atoms with Gasteiger partial charge in [-0.05, 0) is 11.6 Å². The lowest BCUT2D eigenvalue weighted by Gasteiger charge is -2.11. The van der Waals surface area contributed by atoms with Crippen molar-refractivity contribution in [1.82, 2.24) is 9.55 Å². The Balaban J connectivity index is 1.81. The Morgan fingerprint density at radius 3 is 2.60 bits per heavy atom. The van der Waals surface area contributed by atoms with E-state index in [1.807, 2.05) is 54.6 Å². The van der Waals surface area contributed by atoms with Gasteiger partial charge in [0, 0.05) is 18.7 Å². The summed E-state index contributed by atoms with van der Waals surface area (Å²) in [5.74, 6) is 0.727. The molecule has 3 N–H and O–H groups in total. The normalized spacial score (nSPS) is 10.4. The summed E-state index contributed by atoms with van der Waals surface area (Å²) < 4.78 is 7.09. The summed E-state index contributed by atoms with van der Waals surface area (Å²) in [6, 6.07) is 17.5. The number of nitrogens with zero attached hydrogens (tertiary/aromatic N) is 2. The van der Waals surface area contributed by atoms with Gasteiger partial charge in [-0.1, -0.05) is 48.5 Å². The number of benzene rings is 2. The monoisotopic (exact) mass is 336 g/mol. The minimum absolute atomic E-state index is 0.360. The van der Waals surface area contributed by atoms with Gasteiger partial charge in [-0.3, -0.25) is 4.79 Å². The Labute approximate surface area is 146 Å². The number of nitrogens with one attached hydrogen (secondary N) is 1. The topological polar surface area (TPSA) is 82.2 Å². The van der Waals surface area contributed by atoms with E-state index in [4.69, 9.17) is 10.5 Å². The number of carbonyl (C=O) groups excluding carboxylic acids is 1. The molecule has 6 nitrogen and oxygen atoms in total. The van der Waals surface area contributed by atoms with Crippen LogP contribution in [-0.2, 0) is 13.1 Å². The number of methoxy groups -OCH3 is 1. The molecule has 6 heteroatoms. The van der Waals surface area contributed by atoms with Crippen LogP contribution in [-0.4, -0.2) is 22.6 Å². The number of anilines is 1. The van der Waals surface area contributed by atoms with Gasteiger partial charge < -0.3 is 20.4 Å². The van der Waals surface area contributed by atoms with Crippen molar-refractivity contribution in [3.63, 3.8) is 0 Å². The van der Waals surface area contributed by atoms with Gasteiger partial charge in [-0.25, -0.2) is 4.98 Å². The van der Waals surface area contributed by atoms with Gasteiger partial charge in [0.25, 0.3) is 5.91 Å². The quantitative estimate of drug-likeness (QED) is 0.695. The minimum atomic E-state index is -0.518. The molecular formula is C19H20N4O2. The van der Waals surface area contributed by atoms with E-state index in [1.54, 1.807) is 18.0 Å². The predicted octanol–water partition coefficient (Wildman–Crippen LogP) is 2.65. The average molecular weight is 336 g/mol. The van der Waals surface area contributed by atoms with Crippen molar-refractivity contribution in [2.45, 2.75) is 13.1 Å². The number of primary amides is 1. The van der Waals surface area contributed by atoms with Crippen LogP contribution in [0, 0.1) is 0 Å². The fourth-order valence-corrected chi connectivity index (χ4v) is 2.70. The summed E-state index contributed by atoms with van der Waals surface area (Å²) in [6.45, 7) is 1.01. The zero-order valence-corrected chi connectivity index (χ0v) is 14.0. The van der Waals surface area contributed by atoms with Crippen LogP contribution in [0.15, 0.2) is 60.9 Å². The maximum atomic E-state index is 11.9. The lowest BCUT2D eigenvalue weighted by molar-refractivity contribution is 0.0992. The van der Waals surface area contributed by atoms with Gasteiger partial charge >= 0.3 is 0 Å². The number of ether oxygens (including phenoxy) is 1. The van der Waals surface area contributed by atoms with E-state index < -0.39 is 5.91 Å². The third kappa shape index (κ3) is 3.80. The van der Waals surface area contributed by atoms with E-state index in [2.05, 4.69) is 10.3 Å². The highest BCUT2D eigenvalue weighted by atomic mass is 16.5. The van der Waals surface area contributed by atoms with E-state index in [9.17, 15) is 4.79 Å². The molecule has 0 aliphatic carbocycles. The molecule has 0 saturated carbocycles. The molecular weight excluding hydrogens is 316 g/mol. The molecule has 0 unspecified atom stereocenters. The van der Waals surface area contributed by atoms with Crippen molar-refractivity contribution >= 4 is 11.7 Å². The molecule has 0 fully saturated rings. The van der Waals surface area contributed by atoms with E-state index in [1.165, 1.54) is 0 Å². The fourth-order valence-electron chi connectivity index (χ4n) is 2.70. The third-order valence-corrected chi connectivity index (χ3v) is 3.91. The van der Waals surface area contributed by atoms with Crippen molar-refractivity contribution in [3.05, 3.63) is 77.7 Å². The van der Waals surface area contributed by atoms with Gasteiger partial charge in [-0.15, -0.1) is 0 Å². The first-order valence-corrected chi connectivity index (χ1v) is 7.93. The Bertz CT molecular complexity index is 859. The lowest BCUT2D eigenvalue weighted by atomic mass is 10.2. The molecule has 0 saturated heterocycles. The minimum Gasteiger partial charge on any atom is -0.496 e. The molecule has 0 atom stereocenters. The standard InChI is InChI=1S/C19H20N4O2/c1-25-16-10-6-5-9-15(16)11-21-19-17(18(20)24)23(13-22-19)12-14-7-3-2-4-8-14/h2-10,13,21H,11-12H2,1H3,(H2,20,24). The maximum absolute atomic E-state index is 11.9. The molecule has 25 heavy (non-hydrogen) atoms. The second-order valence-corrected chi connectivity index (χ2v) is 5.58. The zero-order chi connectivity index (χ0) is 17.6. The summed E-state index contributed by atoms with van der Waals surface area (Å²) in [7, 11) is 1.63. The number of imidazole rings is 1. The molecule has 2 aromatic carbocycles. The third-order valence-electron chi connectivity index (χ3n) is 3.91. The molecule has 0 aliphatic heterocycles. The number of para-hydroxylation sites is 1. The molecule has 1 heterocycles. The van der Waals surface area contributed by atoms with Crippen molar-refractivity contribution in [3.8, 4) is 5.75 Å². The van der Waals surface area contributed by atoms with E-state index in [-0.39, 0.29) is 0 Å². The second-order valence-electron chi connectivity index (χ2n) is 5.58. The molecule has 0 radical (unpaired) electrons. The molecule has 1 amide bonds. The van der Waals surface area contributed by atoms with E-state index in [0.29, 0.717) is 24.6 Å². The Kier molecular flexibility index (Phi) is 4.99. The Morgan fingerprint density at radius 2 is 1.88 bits per heavy atom. The van der Waals surface area contributed by atoms with Crippen LogP contribution in [0.1, 0.15) is 21.6 Å². The largest absolute Gasteiger partial charge is 0.496 e. The van der Waals surface area contributed by atoms with Crippen molar-refractivity contribution < 1.29 is 9.53 Å². The van der Waals surface area contributed by atoms with Gasteiger partial charge in [0.05, 0.1) is 13.4 Å². The number of hydrogen-bond donors (Lipinski definition) is 2. The molecule has 3 aromatic rings. The number of aromatic nitrogens is 2. The number of nitrogens with two attached hydrogens (primary N) is 1. The fraction of sp³-hybridized carbons (Fsp3) is 0.158. The highest BCUT2D eigenvalue weighted by Crippen LogP contribution is 2.20. The van der Waals surface area contributed by atoms with Crippen LogP contribution in [0.4, 0.5) is 5.82 Å². The molecule has 3 rings (SSSR count). The molecule has 128 valence electrons. The van der Waals surface area contributed by atoms with Gasteiger partial charge in [0.1, 0.15) is 5.75 Å². The maximum Gasteiger partial charge on any atom is 0.269 e. The van der Waals surface area contributed by atoms with Crippen LogP contribution < -0.4 is 15.8 Å². The van der Waals surface area contributed by atoms with Crippen LogP contribution in [0.5, 0.6) is 5.75 Å². The predicted molar refractivity (Wildman–Crippen MR) is 96.6 cm³/mol. The first kappa shape index (κ1) is 16.6. The van der Waals surface area contributed by atoms with Crippen LogP contribution in [0.3, 0.4) is 0 Å². The van der Waals surface area contributed by atoms with Gasteiger partial charge in [0.2, 0.25) is 0 Å². The zero-order valence-electron chi connectivity index (χ0n) is 14.0. The van der Waals surface area contributed by atoms with Gasteiger partial charge in [0.15, 0.2) is 11.5 Å². The Hall–Kier alpha value is -3.28. The average Bonchev–Trinajstić information content (AvgIpc) is 3.03. The number of rotatable bonds is 7. The number of carbonyl (C=O) groups is 1. The first-order valence-electron chi connectivity index (χ1n) is 7.93. The highest BCUT2D eigenvalue weighted by molar-refractivity contribution is 5.96. The summed E-state index contributed by atoms with van der Waals surface area (Å²) in [5, 5.41) is 3.18. The highest BCUT2D eigenvalue weighted by Gasteiger charge is 2.16. The van der Waals surface area contributed by atoms with Crippen molar-refractivity contribution in [1.29, 1.82) is 0 Å². The summed E-state index contributed by atoms with van der Waals surface area (Å²) in [4.78, 5) is 16.2. The SMILES string of the molecule is COc1ccccc1CNc1ncn(Cc2ccccc2)c1C(N)=O.